The molecule has 27 heavy (non-hydrogen) atoms. The Morgan fingerprint density at radius 1 is 1.11 bits per heavy atom. The molecule has 0 N–H and O–H groups in total. The van der Waals surface area contributed by atoms with E-state index in [-0.39, 0.29) is 24.5 Å². The molecule has 0 bridgehead atoms. The van der Waals surface area contributed by atoms with E-state index < -0.39 is 11.8 Å². The van der Waals surface area contributed by atoms with Crippen molar-refractivity contribution in [3.63, 3.8) is 0 Å². The highest BCUT2D eigenvalue weighted by molar-refractivity contribution is 5.72. The van der Waals surface area contributed by atoms with Crippen molar-refractivity contribution >= 4 is 5.97 Å². The number of aromatic nitrogens is 2. The fourth-order valence-corrected chi connectivity index (χ4v) is 2.40. The molecule has 0 atom stereocenters. The summed E-state index contributed by atoms with van der Waals surface area (Å²) in [5, 5.41) is 3.86. The summed E-state index contributed by atoms with van der Waals surface area (Å²) in [6.45, 7) is -0.201. The number of carbonyl (C=O) groups excluding carboxylic acids is 1. The molecule has 7 nitrogen and oxygen atoms in total. The van der Waals surface area contributed by atoms with Gasteiger partial charge in [0.25, 0.3) is 5.89 Å². The second kappa shape index (κ2) is 8.31. The van der Waals surface area contributed by atoms with E-state index >= 15 is 0 Å². The third kappa shape index (κ3) is 4.41. The highest BCUT2D eigenvalue weighted by Gasteiger charge is 2.14. The summed E-state index contributed by atoms with van der Waals surface area (Å²) in [7, 11) is 3.07. The van der Waals surface area contributed by atoms with Crippen molar-refractivity contribution in [3.8, 4) is 22.9 Å². The van der Waals surface area contributed by atoms with Crippen molar-refractivity contribution in [2.24, 2.45) is 0 Å². The van der Waals surface area contributed by atoms with E-state index in [0.29, 0.717) is 22.9 Å². The second-order valence-electron chi connectivity index (χ2n) is 5.51. The van der Waals surface area contributed by atoms with Crippen molar-refractivity contribution in [1.29, 1.82) is 0 Å². The van der Waals surface area contributed by atoms with Crippen LogP contribution in [0.4, 0.5) is 4.39 Å². The Balaban J connectivity index is 1.63. The lowest BCUT2D eigenvalue weighted by molar-refractivity contribution is -0.144. The standard InChI is InChI=1S/C19H17FN2O5/c1-24-15-8-7-13(9-16(15)25-2)19-21-17(27-22-19)11-26-18(23)10-12-5-3-4-6-14(12)20/h3-9H,10-11H2,1-2H3. The summed E-state index contributed by atoms with van der Waals surface area (Å²) < 4.78 is 34.1. The second-order valence-corrected chi connectivity index (χ2v) is 5.51. The summed E-state index contributed by atoms with van der Waals surface area (Å²) in [4.78, 5) is 16.0. The van der Waals surface area contributed by atoms with Crippen molar-refractivity contribution < 1.29 is 27.9 Å². The number of ether oxygens (including phenoxy) is 3. The van der Waals surface area contributed by atoms with Crippen LogP contribution in [-0.4, -0.2) is 30.3 Å². The molecule has 0 fully saturated rings. The van der Waals surface area contributed by atoms with Crippen molar-refractivity contribution in [3.05, 3.63) is 59.7 Å². The number of carbonyl (C=O) groups is 1. The van der Waals surface area contributed by atoms with Crippen LogP contribution in [0.25, 0.3) is 11.4 Å². The minimum absolute atomic E-state index is 0.127. The normalized spacial score (nSPS) is 10.5. The molecule has 0 saturated heterocycles. The van der Waals surface area contributed by atoms with Crippen LogP contribution in [0.3, 0.4) is 0 Å². The van der Waals surface area contributed by atoms with Crippen molar-refractivity contribution in [1.82, 2.24) is 10.1 Å². The molecule has 1 aromatic heterocycles. The molecule has 3 aromatic rings. The fourth-order valence-electron chi connectivity index (χ4n) is 2.40. The van der Waals surface area contributed by atoms with Crippen LogP contribution in [-0.2, 0) is 22.6 Å². The van der Waals surface area contributed by atoms with Crippen LogP contribution >= 0.6 is 0 Å². The smallest absolute Gasteiger partial charge is 0.310 e. The molecule has 0 amide bonds. The van der Waals surface area contributed by atoms with Gasteiger partial charge in [-0.15, -0.1) is 0 Å². The number of nitrogens with zero attached hydrogens (tertiary/aromatic N) is 2. The van der Waals surface area contributed by atoms with E-state index in [1.165, 1.54) is 19.2 Å². The molecule has 140 valence electrons. The number of hydrogen-bond acceptors (Lipinski definition) is 7. The zero-order valence-corrected chi connectivity index (χ0v) is 14.8. The highest BCUT2D eigenvalue weighted by atomic mass is 19.1. The van der Waals surface area contributed by atoms with E-state index in [1.807, 2.05) is 0 Å². The Hall–Kier alpha value is -3.42. The Morgan fingerprint density at radius 3 is 2.63 bits per heavy atom. The van der Waals surface area contributed by atoms with Gasteiger partial charge in [0.2, 0.25) is 5.82 Å². The number of esters is 1. The summed E-state index contributed by atoms with van der Waals surface area (Å²) in [6, 6.07) is 11.2. The zero-order valence-electron chi connectivity index (χ0n) is 14.8. The summed E-state index contributed by atoms with van der Waals surface area (Å²) in [6.07, 6.45) is -0.177. The van der Waals surface area contributed by atoms with E-state index in [1.54, 1.807) is 37.4 Å². The third-order valence-electron chi connectivity index (χ3n) is 3.76. The molecule has 1 heterocycles. The molecule has 3 rings (SSSR count). The predicted octanol–water partition coefficient (Wildman–Crippen LogP) is 3.18. The molecule has 0 unspecified atom stereocenters. The monoisotopic (exact) mass is 372 g/mol. The van der Waals surface area contributed by atoms with E-state index in [0.717, 1.165) is 0 Å². The fraction of sp³-hybridized carbons (Fsp3) is 0.211. The Bertz CT molecular complexity index is 941. The Kier molecular flexibility index (Phi) is 5.65. The maximum absolute atomic E-state index is 13.6. The van der Waals surface area contributed by atoms with Crippen LogP contribution in [0.2, 0.25) is 0 Å². The van der Waals surface area contributed by atoms with Gasteiger partial charge in [0.15, 0.2) is 18.1 Å². The Morgan fingerprint density at radius 2 is 1.89 bits per heavy atom. The number of hydrogen-bond donors (Lipinski definition) is 0. The highest BCUT2D eigenvalue weighted by Crippen LogP contribution is 2.31. The first kappa shape index (κ1) is 18.4. The van der Waals surface area contributed by atoms with Crippen LogP contribution < -0.4 is 9.47 Å². The topological polar surface area (TPSA) is 83.7 Å². The zero-order chi connectivity index (χ0) is 19.2. The average Bonchev–Trinajstić information content (AvgIpc) is 3.16. The van der Waals surface area contributed by atoms with E-state index in [4.69, 9.17) is 18.7 Å². The summed E-state index contributed by atoms with van der Waals surface area (Å²) in [5.41, 5.74) is 0.916. The molecule has 0 spiro atoms. The average molecular weight is 372 g/mol. The van der Waals surface area contributed by atoms with Crippen LogP contribution in [0.5, 0.6) is 11.5 Å². The predicted molar refractivity (Wildman–Crippen MR) is 92.7 cm³/mol. The number of rotatable bonds is 7. The van der Waals surface area contributed by atoms with E-state index in [9.17, 15) is 9.18 Å². The maximum Gasteiger partial charge on any atom is 0.310 e. The van der Waals surface area contributed by atoms with Gasteiger partial charge in [-0.3, -0.25) is 4.79 Å². The molecular weight excluding hydrogens is 355 g/mol. The molecule has 0 aliphatic heterocycles. The van der Waals surface area contributed by atoms with Crippen molar-refractivity contribution in [2.45, 2.75) is 13.0 Å². The van der Waals surface area contributed by atoms with Gasteiger partial charge in [-0.2, -0.15) is 4.98 Å². The number of methoxy groups -OCH3 is 2. The van der Waals surface area contributed by atoms with Gasteiger partial charge < -0.3 is 18.7 Å². The molecule has 2 aromatic carbocycles. The van der Waals surface area contributed by atoms with Gasteiger partial charge in [0, 0.05) is 5.56 Å². The SMILES string of the molecule is COc1ccc(-c2noc(COC(=O)Cc3ccccc3F)n2)cc1OC. The lowest BCUT2D eigenvalue weighted by Gasteiger charge is -2.07. The van der Waals surface area contributed by atoms with Gasteiger partial charge in [-0.25, -0.2) is 4.39 Å². The maximum atomic E-state index is 13.6. The lowest BCUT2D eigenvalue weighted by Crippen LogP contribution is -2.09. The van der Waals surface area contributed by atoms with E-state index in [2.05, 4.69) is 10.1 Å². The Labute approximate surface area is 154 Å². The first-order valence-electron chi connectivity index (χ1n) is 8.04. The first-order valence-corrected chi connectivity index (χ1v) is 8.04. The van der Waals surface area contributed by atoms with Crippen molar-refractivity contribution in [2.75, 3.05) is 14.2 Å². The number of benzene rings is 2. The van der Waals surface area contributed by atoms with Gasteiger partial charge >= 0.3 is 5.97 Å². The van der Waals surface area contributed by atoms with Gasteiger partial charge in [-0.05, 0) is 29.8 Å². The minimum atomic E-state index is -0.592. The summed E-state index contributed by atoms with van der Waals surface area (Å²) >= 11 is 0. The molecule has 8 heteroatoms. The van der Waals surface area contributed by atoms with Crippen LogP contribution in [0, 0.1) is 5.82 Å². The molecular formula is C19H17FN2O5. The van der Waals surface area contributed by atoms with Gasteiger partial charge in [0.1, 0.15) is 5.82 Å². The molecule has 0 saturated carbocycles. The first-order chi connectivity index (χ1) is 13.1. The van der Waals surface area contributed by atoms with Crippen LogP contribution in [0.1, 0.15) is 11.5 Å². The quantitative estimate of drug-likeness (QED) is 0.589. The molecule has 0 aliphatic rings. The van der Waals surface area contributed by atoms with Gasteiger partial charge in [-0.1, -0.05) is 23.4 Å². The van der Waals surface area contributed by atoms with Gasteiger partial charge in [0.05, 0.1) is 20.6 Å². The number of halogens is 1. The molecule has 0 aliphatic carbocycles. The van der Waals surface area contributed by atoms with Crippen LogP contribution in [0.15, 0.2) is 47.0 Å². The lowest BCUT2D eigenvalue weighted by atomic mass is 10.1. The largest absolute Gasteiger partial charge is 0.493 e. The molecule has 0 radical (unpaired) electrons. The summed E-state index contributed by atoms with van der Waals surface area (Å²) in [5.74, 6) is 0.497. The third-order valence-corrected chi connectivity index (χ3v) is 3.76. The minimum Gasteiger partial charge on any atom is -0.493 e.